The lowest BCUT2D eigenvalue weighted by molar-refractivity contribution is 0.369. The maximum Gasteiger partial charge on any atom is 0.329 e. The third kappa shape index (κ3) is 2.12. The molecule has 116 valence electrons. The molecule has 1 aromatic heterocycles. The monoisotopic (exact) mass is 298 g/mol. The molecule has 2 aromatic rings. The molecule has 1 atom stereocenters. The Morgan fingerprint density at radius 3 is 2.86 bits per heavy atom. The van der Waals surface area contributed by atoms with Crippen LogP contribution < -0.4 is 16.3 Å². The minimum Gasteiger partial charge on any atom is -0.315 e. The van der Waals surface area contributed by atoms with Gasteiger partial charge in [0.25, 0.3) is 0 Å². The van der Waals surface area contributed by atoms with Crippen LogP contribution in [0, 0.1) is 0 Å². The summed E-state index contributed by atoms with van der Waals surface area (Å²) in [6.45, 7) is 3.78. The van der Waals surface area contributed by atoms with E-state index < -0.39 is 0 Å². The largest absolute Gasteiger partial charge is 0.329 e. The van der Waals surface area contributed by atoms with E-state index in [1.165, 1.54) is 11.1 Å². The van der Waals surface area contributed by atoms with E-state index in [0.29, 0.717) is 0 Å². The van der Waals surface area contributed by atoms with Gasteiger partial charge in [0.2, 0.25) is 0 Å². The molecular weight excluding hydrogens is 276 g/mol. The summed E-state index contributed by atoms with van der Waals surface area (Å²) in [5.74, 6) is 0. The van der Waals surface area contributed by atoms with E-state index in [9.17, 15) is 4.79 Å². The summed E-state index contributed by atoms with van der Waals surface area (Å²) in [6, 6.07) is 6.68. The van der Waals surface area contributed by atoms with Crippen LogP contribution in [0.25, 0.3) is 16.6 Å². The van der Waals surface area contributed by atoms with Gasteiger partial charge in [0.05, 0.1) is 17.1 Å². The fourth-order valence-electron chi connectivity index (χ4n) is 3.66. The number of fused-ring (bicyclic) bond motifs is 1. The Labute approximate surface area is 129 Å². The van der Waals surface area contributed by atoms with Gasteiger partial charge in [-0.1, -0.05) is 12.1 Å². The van der Waals surface area contributed by atoms with Gasteiger partial charge in [0.1, 0.15) is 0 Å². The molecule has 1 fully saturated rings. The molecule has 4 rings (SSSR count). The maximum absolute atomic E-state index is 12.7. The Balaban J connectivity index is 1.84. The zero-order valence-corrected chi connectivity index (χ0v) is 12.9. The van der Waals surface area contributed by atoms with E-state index in [-0.39, 0.29) is 11.7 Å². The predicted octanol–water partition coefficient (Wildman–Crippen LogP) is 1.25. The first-order chi connectivity index (χ1) is 10.8. The van der Waals surface area contributed by atoms with E-state index in [4.69, 9.17) is 0 Å². The number of hydrogen-bond donors (Lipinski definition) is 2. The van der Waals surface area contributed by atoms with Crippen molar-refractivity contribution in [1.82, 2.24) is 19.8 Å². The second-order valence-electron chi connectivity index (χ2n) is 6.28. The summed E-state index contributed by atoms with van der Waals surface area (Å²) < 4.78 is 3.77. The fraction of sp³-hybridized carbons (Fsp3) is 0.471. The lowest BCUT2D eigenvalue weighted by Crippen LogP contribution is -2.36. The van der Waals surface area contributed by atoms with Crippen molar-refractivity contribution in [2.75, 3.05) is 26.2 Å². The van der Waals surface area contributed by atoms with Crippen LogP contribution in [0.1, 0.15) is 24.4 Å². The van der Waals surface area contributed by atoms with Crippen molar-refractivity contribution in [3.63, 3.8) is 0 Å². The fourth-order valence-corrected chi connectivity index (χ4v) is 3.66. The summed E-state index contributed by atoms with van der Waals surface area (Å²) in [5, 5.41) is 6.73. The molecule has 2 N–H and O–H groups in total. The highest BCUT2D eigenvalue weighted by molar-refractivity contribution is 5.82. The van der Waals surface area contributed by atoms with E-state index in [1.54, 1.807) is 4.57 Å². The molecule has 0 bridgehead atoms. The molecule has 3 heterocycles. The molecule has 0 spiro atoms. The second-order valence-corrected chi connectivity index (χ2v) is 6.28. The third-order valence-electron chi connectivity index (χ3n) is 4.90. The van der Waals surface area contributed by atoms with E-state index in [0.717, 1.165) is 50.1 Å². The molecule has 0 amide bonds. The van der Waals surface area contributed by atoms with Crippen LogP contribution in [0.15, 0.2) is 29.1 Å². The van der Waals surface area contributed by atoms with Gasteiger partial charge in [-0.3, -0.25) is 9.13 Å². The lowest BCUT2D eigenvalue weighted by Gasteiger charge is -2.24. The first-order valence-electron chi connectivity index (χ1n) is 8.07. The van der Waals surface area contributed by atoms with Crippen LogP contribution in [0.3, 0.4) is 0 Å². The zero-order chi connectivity index (χ0) is 15.1. The number of hydrogen-bond acceptors (Lipinski definition) is 3. The number of piperidine rings is 1. The number of aromatic nitrogens is 2. The standard InChI is InChI=1S/C17H22N4O/c1-20-16-9-12(13-6-8-19-10-13)4-5-15(16)21(17(20)22)14-3-2-7-18-11-14/h4-6,9,14,18-19H,2-3,7-8,10-11H2,1H3. The van der Waals surface area contributed by atoms with Gasteiger partial charge in [0, 0.05) is 26.7 Å². The molecular formula is C17H22N4O. The minimum absolute atomic E-state index is 0.0966. The molecule has 0 radical (unpaired) electrons. The summed E-state index contributed by atoms with van der Waals surface area (Å²) in [4.78, 5) is 12.7. The number of aryl methyl sites for hydroxylation is 1. The quantitative estimate of drug-likeness (QED) is 0.877. The number of nitrogens with one attached hydrogen (secondary N) is 2. The van der Waals surface area contributed by atoms with Gasteiger partial charge >= 0.3 is 5.69 Å². The molecule has 0 saturated carbocycles. The van der Waals surface area contributed by atoms with E-state index >= 15 is 0 Å². The Morgan fingerprint density at radius 1 is 1.23 bits per heavy atom. The van der Waals surface area contributed by atoms with Crippen molar-refractivity contribution in [1.29, 1.82) is 0 Å². The molecule has 2 aliphatic rings. The summed E-state index contributed by atoms with van der Waals surface area (Å²) >= 11 is 0. The van der Waals surface area contributed by atoms with Gasteiger partial charge in [-0.2, -0.15) is 0 Å². The van der Waals surface area contributed by atoms with Crippen molar-refractivity contribution in [3.8, 4) is 0 Å². The summed E-state index contributed by atoms with van der Waals surface area (Å²) in [5.41, 5.74) is 4.71. The molecule has 1 aromatic carbocycles. The van der Waals surface area contributed by atoms with E-state index in [2.05, 4.69) is 34.9 Å². The Bertz CT molecular complexity index is 793. The van der Waals surface area contributed by atoms with Crippen LogP contribution in [0.2, 0.25) is 0 Å². The smallest absolute Gasteiger partial charge is 0.315 e. The average Bonchev–Trinajstić information content (AvgIpc) is 3.17. The van der Waals surface area contributed by atoms with E-state index in [1.807, 2.05) is 11.6 Å². The Morgan fingerprint density at radius 2 is 2.14 bits per heavy atom. The zero-order valence-electron chi connectivity index (χ0n) is 12.9. The second kappa shape index (κ2) is 5.41. The van der Waals surface area contributed by atoms with Crippen molar-refractivity contribution in [2.45, 2.75) is 18.9 Å². The minimum atomic E-state index is 0.0966. The predicted molar refractivity (Wildman–Crippen MR) is 89.2 cm³/mol. The topological polar surface area (TPSA) is 51.0 Å². The Hall–Kier alpha value is -1.85. The Kier molecular flexibility index (Phi) is 3.39. The lowest BCUT2D eigenvalue weighted by atomic mass is 10.1. The molecule has 1 unspecified atom stereocenters. The molecule has 5 heteroatoms. The highest BCUT2D eigenvalue weighted by atomic mass is 16.1. The van der Waals surface area contributed by atoms with Crippen molar-refractivity contribution in [3.05, 3.63) is 40.3 Å². The van der Waals surface area contributed by atoms with Crippen molar-refractivity contribution >= 4 is 16.6 Å². The van der Waals surface area contributed by atoms with Gasteiger partial charge in [-0.05, 0) is 42.7 Å². The average molecular weight is 298 g/mol. The highest BCUT2D eigenvalue weighted by Gasteiger charge is 2.21. The van der Waals surface area contributed by atoms with Crippen molar-refractivity contribution in [2.24, 2.45) is 7.05 Å². The number of benzene rings is 1. The molecule has 5 nitrogen and oxygen atoms in total. The van der Waals surface area contributed by atoms with Gasteiger partial charge in [-0.15, -0.1) is 0 Å². The first kappa shape index (κ1) is 13.8. The SMILES string of the molecule is Cn1c(=O)n(C2CCCNC2)c2ccc(C3=CCNC3)cc21. The number of rotatable bonds is 2. The normalized spacial score (nSPS) is 22.2. The summed E-state index contributed by atoms with van der Waals surface area (Å²) in [7, 11) is 1.88. The van der Waals surface area contributed by atoms with Crippen LogP contribution in [-0.4, -0.2) is 35.3 Å². The van der Waals surface area contributed by atoms with Gasteiger partial charge in [0.15, 0.2) is 0 Å². The first-order valence-corrected chi connectivity index (χ1v) is 8.07. The van der Waals surface area contributed by atoms with Crippen LogP contribution in [0.5, 0.6) is 0 Å². The molecule has 1 saturated heterocycles. The maximum atomic E-state index is 12.7. The molecule has 2 aliphatic heterocycles. The van der Waals surface area contributed by atoms with Gasteiger partial charge in [-0.25, -0.2) is 4.79 Å². The third-order valence-corrected chi connectivity index (χ3v) is 4.90. The number of imidazole rings is 1. The van der Waals surface area contributed by atoms with Crippen LogP contribution in [-0.2, 0) is 7.05 Å². The molecule has 22 heavy (non-hydrogen) atoms. The summed E-state index contributed by atoms with van der Waals surface area (Å²) in [6.07, 6.45) is 4.42. The highest BCUT2D eigenvalue weighted by Crippen LogP contribution is 2.25. The molecule has 0 aliphatic carbocycles. The van der Waals surface area contributed by atoms with Gasteiger partial charge < -0.3 is 10.6 Å². The van der Waals surface area contributed by atoms with Crippen LogP contribution in [0.4, 0.5) is 0 Å². The van der Waals surface area contributed by atoms with Crippen LogP contribution >= 0.6 is 0 Å². The number of nitrogens with zero attached hydrogens (tertiary/aromatic N) is 2. The van der Waals surface area contributed by atoms with Crippen molar-refractivity contribution < 1.29 is 0 Å².